The fourth-order valence-electron chi connectivity index (χ4n) is 1.18. The third-order valence-corrected chi connectivity index (χ3v) is 2.48. The predicted molar refractivity (Wildman–Crippen MR) is 66.4 cm³/mol. The summed E-state index contributed by atoms with van der Waals surface area (Å²) >= 11 is 11.7. The lowest BCUT2D eigenvalue weighted by atomic mass is 10.1. The van der Waals surface area contributed by atoms with Gasteiger partial charge in [0.25, 0.3) is 0 Å². The Bertz CT molecular complexity index is 375. The van der Waals surface area contributed by atoms with Gasteiger partial charge in [-0.25, -0.2) is 0 Å². The molecule has 16 heavy (non-hydrogen) atoms. The predicted octanol–water partition coefficient (Wildman–Crippen LogP) is 3.85. The Morgan fingerprint density at radius 2 is 2.06 bits per heavy atom. The maximum absolute atomic E-state index is 11.7. The zero-order chi connectivity index (χ0) is 12.1. The van der Waals surface area contributed by atoms with E-state index < -0.39 is 0 Å². The highest BCUT2D eigenvalue weighted by Crippen LogP contribution is 2.21. The van der Waals surface area contributed by atoms with Crippen molar-refractivity contribution in [2.75, 3.05) is 13.2 Å². The second-order valence-corrected chi connectivity index (χ2v) is 4.80. The molecule has 1 rings (SSSR count). The lowest BCUT2D eigenvalue weighted by Gasteiger charge is -2.07. The minimum absolute atomic E-state index is 0.0399. The molecule has 0 bridgehead atoms. The zero-order valence-electron chi connectivity index (χ0n) is 9.30. The van der Waals surface area contributed by atoms with Gasteiger partial charge in [0.15, 0.2) is 5.78 Å². The molecule has 88 valence electrons. The highest BCUT2D eigenvalue weighted by atomic mass is 35.5. The molecule has 0 saturated carbocycles. The number of halogens is 2. The van der Waals surface area contributed by atoms with Gasteiger partial charge >= 0.3 is 0 Å². The van der Waals surface area contributed by atoms with Crippen LogP contribution >= 0.6 is 23.2 Å². The van der Waals surface area contributed by atoms with Crippen LogP contribution in [0.5, 0.6) is 0 Å². The number of benzene rings is 1. The van der Waals surface area contributed by atoms with Gasteiger partial charge < -0.3 is 4.74 Å². The topological polar surface area (TPSA) is 26.3 Å². The highest BCUT2D eigenvalue weighted by Gasteiger charge is 2.11. The van der Waals surface area contributed by atoms with Crippen molar-refractivity contribution in [3.05, 3.63) is 33.8 Å². The van der Waals surface area contributed by atoms with Gasteiger partial charge in [-0.05, 0) is 24.1 Å². The molecular weight excluding hydrogens is 247 g/mol. The monoisotopic (exact) mass is 260 g/mol. The molecule has 0 fully saturated rings. The molecule has 0 N–H and O–H groups in total. The summed E-state index contributed by atoms with van der Waals surface area (Å²) in [7, 11) is 0. The third kappa shape index (κ3) is 4.12. The van der Waals surface area contributed by atoms with Crippen LogP contribution in [-0.2, 0) is 4.74 Å². The van der Waals surface area contributed by atoms with Crippen LogP contribution in [0.3, 0.4) is 0 Å². The number of ether oxygens (including phenoxy) is 1. The molecule has 0 unspecified atom stereocenters. The van der Waals surface area contributed by atoms with Gasteiger partial charge in [-0.3, -0.25) is 4.79 Å². The van der Waals surface area contributed by atoms with Crippen LogP contribution in [0.2, 0.25) is 10.0 Å². The molecule has 0 spiro atoms. The standard InChI is InChI=1S/C12H14Cl2O2/c1-8(2)6-16-7-12(15)10-5-9(13)3-4-11(10)14/h3-5,8H,6-7H2,1-2H3. The van der Waals surface area contributed by atoms with Crippen molar-refractivity contribution in [3.8, 4) is 0 Å². The number of hydrogen-bond acceptors (Lipinski definition) is 2. The molecule has 2 nitrogen and oxygen atoms in total. The Labute approximate surface area is 106 Å². The van der Waals surface area contributed by atoms with Gasteiger partial charge in [-0.2, -0.15) is 0 Å². The molecule has 4 heteroatoms. The van der Waals surface area contributed by atoms with Crippen LogP contribution in [0, 0.1) is 5.92 Å². The fourth-order valence-corrected chi connectivity index (χ4v) is 1.57. The number of hydrogen-bond donors (Lipinski definition) is 0. The zero-order valence-corrected chi connectivity index (χ0v) is 10.8. The average molecular weight is 261 g/mol. The summed E-state index contributed by atoms with van der Waals surface area (Å²) in [5, 5.41) is 0.902. The smallest absolute Gasteiger partial charge is 0.190 e. The number of carbonyl (C=O) groups is 1. The van der Waals surface area contributed by atoms with Crippen molar-refractivity contribution in [1.29, 1.82) is 0 Å². The van der Waals surface area contributed by atoms with Crippen LogP contribution in [0.15, 0.2) is 18.2 Å². The number of ketones is 1. The third-order valence-electron chi connectivity index (χ3n) is 1.91. The number of rotatable bonds is 5. The van der Waals surface area contributed by atoms with E-state index in [9.17, 15) is 4.79 Å². The number of carbonyl (C=O) groups excluding carboxylic acids is 1. The first-order valence-corrected chi connectivity index (χ1v) is 5.82. The quantitative estimate of drug-likeness (QED) is 0.752. The molecule has 0 amide bonds. The van der Waals surface area contributed by atoms with Crippen molar-refractivity contribution in [2.45, 2.75) is 13.8 Å². The van der Waals surface area contributed by atoms with Crippen molar-refractivity contribution in [2.24, 2.45) is 5.92 Å². The lowest BCUT2D eigenvalue weighted by molar-refractivity contribution is 0.0706. The van der Waals surface area contributed by atoms with E-state index in [2.05, 4.69) is 0 Å². The second kappa shape index (κ2) is 6.24. The van der Waals surface area contributed by atoms with Gasteiger partial charge in [0.1, 0.15) is 6.61 Å². The van der Waals surface area contributed by atoms with Crippen LogP contribution < -0.4 is 0 Å². The summed E-state index contributed by atoms with van der Waals surface area (Å²) in [6.45, 7) is 4.65. The minimum atomic E-state index is -0.145. The van der Waals surface area contributed by atoms with Crippen LogP contribution in [0.25, 0.3) is 0 Å². The van der Waals surface area contributed by atoms with Gasteiger partial charge in [0, 0.05) is 17.2 Å². The van der Waals surface area contributed by atoms with Gasteiger partial charge in [-0.1, -0.05) is 37.0 Å². The van der Waals surface area contributed by atoms with Crippen LogP contribution in [0.4, 0.5) is 0 Å². The van der Waals surface area contributed by atoms with E-state index in [0.29, 0.717) is 28.1 Å². The summed E-state index contributed by atoms with van der Waals surface area (Å²) in [6, 6.07) is 4.82. The Hall–Kier alpha value is -0.570. The molecule has 0 aliphatic rings. The molecule has 1 aromatic carbocycles. The molecule has 0 atom stereocenters. The van der Waals surface area contributed by atoms with Crippen molar-refractivity contribution in [3.63, 3.8) is 0 Å². The first-order valence-electron chi connectivity index (χ1n) is 5.06. The normalized spacial score (nSPS) is 10.8. The van der Waals surface area contributed by atoms with Gasteiger partial charge in [-0.15, -0.1) is 0 Å². The Kier molecular flexibility index (Phi) is 5.26. The molecule has 1 aromatic rings. The van der Waals surface area contributed by atoms with Crippen molar-refractivity contribution in [1.82, 2.24) is 0 Å². The Balaban J connectivity index is 2.62. The number of Topliss-reactive ketones (excluding diaryl/α,β-unsaturated/α-hetero) is 1. The lowest BCUT2D eigenvalue weighted by Crippen LogP contribution is -2.12. The van der Waals surface area contributed by atoms with E-state index in [1.165, 1.54) is 0 Å². The van der Waals surface area contributed by atoms with Gasteiger partial charge in [0.2, 0.25) is 0 Å². The highest BCUT2D eigenvalue weighted by molar-refractivity contribution is 6.35. The molecule has 0 saturated heterocycles. The van der Waals surface area contributed by atoms with E-state index in [-0.39, 0.29) is 12.4 Å². The summed E-state index contributed by atoms with van der Waals surface area (Å²) in [5.41, 5.74) is 0.415. The average Bonchev–Trinajstić information content (AvgIpc) is 2.21. The van der Waals surface area contributed by atoms with Crippen molar-refractivity contribution >= 4 is 29.0 Å². The summed E-state index contributed by atoms with van der Waals surface area (Å²) in [5.74, 6) is 0.260. The Morgan fingerprint density at radius 3 is 2.69 bits per heavy atom. The van der Waals surface area contributed by atoms with Crippen LogP contribution in [0.1, 0.15) is 24.2 Å². The molecule has 0 aliphatic carbocycles. The van der Waals surface area contributed by atoms with E-state index in [1.54, 1.807) is 18.2 Å². The van der Waals surface area contributed by atoms with E-state index >= 15 is 0 Å². The minimum Gasteiger partial charge on any atom is -0.373 e. The molecular formula is C12H14Cl2O2. The van der Waals surface area contributed by atoms with Crippen molar-refractivity contribution < 1.29 is 9.53 Å². The molecule has 0 aliphatic heterocycles. The first-order chi connectivity index (χ1) is 7.50. The molecule has 0 aromatic heterocycles. The van der Waals surface area contributed by atoms with E-state index in [1.807, 2.05) is 13.8 Å². The summed E-state index contributed by atoms with van der Waals surface area (Å²) < 4.78 is 5.25. The fraction of sp³-hybridized carbons (Fsp3) is 0.417. The van der Waals surface area contributed by atoms with E-state index in [4.69, 9.17) is 27.9 Å². The summed E-state index contributed by atoms with van der Waals surface area (Å²) in [4.78, 5) is 11.7. The maximum atomic E-state index is 11.7. The largest absolute Gasteiger partial charge is 0.373 e. The van der Waals surface area contributed by atoms with Crippen LogP contribution in [-0.4, -0.2) is 19.0 Å². The SMILES string of the molecule is CC(C)COCC(=O)c1cc(Cl)ccc1Cl. The Morgan fingerprint density at radius 1 is 1.38 bits per heavy atom. The maximum Gasteiger partial charge on any atom is 0.190 e. The second-order valence-electron chi connectivity index (χ2n) is 3.96. The van der Waals surface area contributed by atoms with E-state index in [0.717, 1.165) is 0 Å². The molecule has 0 heterocycles. The van der Waals surface area contributed by atoms with Gasteiger partial charge in [0.05, 0.1) is 5.02 Å². The summed E-state index contributed by atoms with van der Waals surface area (Å²) in [6.07, 6.45) is 0. The molecule has 0 radical (unpaired) electrons. The first kappa shape index (κ1) is 13.5.